The number of rotatable bonds is 3. The number of ketones is 1. The van der Waals surface area contributed by atoms with Gasteiger partial charge in [-0.1, -0.05) is 24.3 Å². The number of alkyl halides is 1. The molecular formula is C13H15FO2. The highest BCUT2D eigenvalue weighted by Gasteiger charge is 2.34. The summed E-state index contributed by atoms with van der Waals surface area (Å²) in [5.41, 5.74) is 0.356. The Balaban J connectivity index is 2.07. The van der Waals surface area contributed by atoms with Gasteiger partial charge in [-0.05, 0) is 12.5 Å². The highest BCUT2D eigenvalue weighted by Crippen LogP contribution is 2.27. The standard InChI is InChI=1S/C13H15FO2/c1-10(15)12-4-2-11(3-5-12)8-13(14)6-7-16-9-13/h2-5H,6-9H2,1H3. The number of hydrogen-bond donors (Lipinski definition) is 0. The van der Waals surface area contributed by atoms with Gasteiger partial charge >= 0.3 is 0 Å². The van der Waals surface area contributed by atoms with Crippen molar-refractivity contribution in [3.05, 3.63) is 35.4 Å². The first-order valence-corrected chi connectivity index (χ1v) is 5.46. The highest BCUT2D eigenvalue weighted by molar-refractivity contribution is 5.93. The molecule has 16 heavy (non-hydrogen) atoms. The van der Waals surface area contributed by atoms with Gasteiger partial charge in [-0.2, -0.15) is 0 Å². The van der Waals surface area contributed by atoms with Gasteiger partial charge in [-0.3, -0.25) is 4.79 Å². The van der Waals surface area contributed by atoms with Gasteiger partial charge in [0.25, 0.3) is 0 Å². The zero-order chi connectivity index (χ0) is 11.6. The number of benzene rings is 1. The first-order valence-electron chi connectivity index (χ1n) is 5.46. The zero-order valence-corrected chi connectivity index (χ0v) is 9.33. The third-order valence-electron chi connectivity index (χ3n) is 2.94. The predicted octanol–water partition coefficient (Wildman–Crippen LogP) is 2.56. The van der Waals surface area contributed by atoms with Crippen LogP contribution in [0, 0.1) is 0 Å². The number of hydrogen-bond acceptors (Lipinski definition) is 2. The zero-order valence-electron chi connectivity index (χ0n) is 9.33. The molecule has 1 atom stereocenters. The van der Waals surface area contributed by atoms with Crippen molar-refractivity contribution in [3.8, 4) is 0 Å². The molecule has 0 aliphatic carbocycles. The van der Waals surface area contributed by atoms with Gasteiger partial charge in [0.1, 0.15) is 5.67 Å². The van der Waals surface area contributed by atoms with E-state index in [1.165, 1.54) is 6.92 Å². The van der Waals surface area contributed by atoms with Crippen molar-refractivity contribution < 1.29 is 13.9 Å². The Morgan fingerprint density at radius 1 is 1.44 bits per heavy atom. The van der Waals surface area contributed by atoms with E-state index < -0.39 is 5.67 Å². The lowest BCUT2D eigenvalue weighted by atomic mass is 9.95. The summed E-state index contributed by atoms with van der Waals surface area (Å²) in [6, 6.07) is 7.13. The van der Waals surface area contributed by atoms with Crippen LogP contribution in [-0.2, 0) is 11.2 Å². The van der Waals surface area contributed by atoms with E-state index in [1.807, 2.05) is 12.1 Å². The Hall–Kier alpha value is -1.22. The summed E-state index contributed by atoms with van der Waals surface area (Å²) in [4.78, 5) is 11.1. The Morgan fingerprint density at radius 3 is 2.62 bits per heavy atom. The first kappa shape index (κ1) is 11.3. The van der Waals surface area contributed by atoms with Crippen LogP contribution in [0.4, 0.5) is 4.39 Å². The normalized spacial score (nSPS) is 24.6. The fraction of sp³-hybridized carbons (Fsp3) is 0.462. The molecule has 0 aromatic heterocycles. The molecule has 1 aliphatic rings. The number of ether oxygens (including phenoxy) is 1. The molecule has 1 aliphatic heterocycles. The molecule has 1 aromatic rings. The van der Waals surface area contributed by atoms with E-state index in [2.05, 4.69) is 0 Å². The minimum atomic E-state index is -1.22. The maximum absolute atomic E-state index is 14.1. The van der Waals surface area contributed by atoms with Crippen molar-refractivity contribution in [2.45, 2.75) is 25.4 Å². The maximum atomic E-state index is 14.1. The Labute approximate surface area is 94.4 Å². The van der Waals surface area contributed by atoms with Crippen LogP contribution in [0.5, 0.6) is 0 Å². The van der Waals surface area contributed by atoms with Crippen molar-refractivity contribution in [3.63, 3.8) is 0 Å². The summed E-state index contributed by atoms with van der Waals surface area (Å²) < 4.78 is 19.1. The average molecular weight is 222 g/mol. The van der Waals surface area contributed by atoms with Gasteiger partial charge in [0.2, 0.25) is 0 Å². The minimum absolute atomic E-state index is 0.0331. The van der Waals surface area contributed by atoms with Crippen LogP contribution in [0.25, 0.3) is 0 Å². The average Bonchev–Trinajstić information content (AvgIpc) is 2.65. The van der Waals surface area contributed by atoms with Gasteiger partial charge in [0.15, 0.2) is 5.78 Å². The van der Waals surface area contributed by atoms with E-state index in [0.29, 0.717) is 25.0 Å². The van der Waals surface area contributed by atoms with E-state index >= 15 is 0 Å². The third-order valence-corrected chi connectivity index (χ3v) is 2.94. The molecule has 0 spiro atoms. The molecule has 0 N–H and O–H groups in total. The summed E-state index contributed by atoms with van der Waals surface area (Å²) in [5, 5.41) is 0. The van der Waals surface area contributed by atoms with Crippen LogP contribution in [-0.4, -0.2) is 24.7 Å². The molecule has 1 aromatic carbocycles. The Kier molecular flexibility index (Phi) is 3.06. The van der Waals surface area contributed by atoms with Gasteiger partial charge in [-0.15, -0.1) is 0 Å². The van der Waals surface area contributed by atoms with Crippen molar-refractivity contribution in [2.24, 2.45) is 0 Å². The van der Waals surface area contributed by atoms with E-state index in [0.717, 1.165) is 5.56 Å². The number of Topliss-reactive ketones (excluding diaryl/α,β-unsaturated/α-hetero) is 1. The van der Waals surface area contributed by atoms with Crippen molar-refractivity contribution >= 4 is 5.78 Å². The topological polar surface area (TPSA) is 26.3 Å². The summed E-state index contributed by atoms with van der Waals surface area (Å²) in [6.45, 7) is 2.21. The Bertz CT molecular complexity index is 377. The van der Waals surface area contributed by atoms with E-state index in [4.69, 9.17) is 4.74 Å². The smallest absolute Gasteiger partial charge is 0.159 e. The lowest BCUT2D eigenvalue weighted by molar-refractivity contribution is 0.101. The van der Waals surface area contributed by atoms with Crippen LogP contribution in [0.15, 0.2) is 24.3 Å². The minimum Gasteiger partial charge on any atom is -0.378 e. The first-order chi connectivity index (χ1) is 7.59. The monoisotopic (exact) mass is 222 g/mol. The molecular weight excluding hydrogens is 207 g/mol. The largest absolute Gasteiger partial charge is 0.378 e. The fourth-order valence-electron chi connectivity index (χ4n) is 1.94. The lowest BCUT2D eigenvalue weighted by Crippen LogP contribution is -2.25. The molecule has 0 saturated carbocycles. The van der Waals surface area contributed by atoms with Gasteiger partial charge in [0, 0.05) is 25.0 Å². The third kappa shape index (κ3) is 2.47. The molecule has 3 heteroatoms. The molecule has 1 heterocycles. The SMILES string of the molecule is CC(=O)c1ccc(CC2(F)CCOC2)cc1. The molecule has 86 valence electrons. The fourth-order valence-corrected chi connectivity index (χ4v) is 1.94. The molecule has 1 fully saturated rings. The van der Waals surface area contributed by atoms with Gasteiger partial charge in [0.05, 0.1) is 6.61 Å². The van der Waals surface area contributed by atoms with Crippen LogP contribution in [0.1, 0.15) is 29.3 Å². The van der Waals surface area contributed by atoms with Crippen molar-refractivity contribution in [1.29, 1.82) is 0 Å². The molecule has 2 nitrogen and oxygen atoms in total. The van der Waals surface area contributed by atoms with Crippen molar-refractivity contribution in [2.75, 3.05) is 13.2 Å². The van der Waals surface area contributed by atoms with Gasteiger partial charge < -0.3 is 4.74 Å². The van der Waals surface area contributed by atoms with Crippen LogP contribution in [0.2, 0.25) is 0 Å². The van der Waals surface area contributed by atoms with Crippen molar-refractivity contribution in [1.82, 2.24) is 0 Å². The predicted molar refractivity (Wildman–Crippen MR) is 59.4 cm³/mol. The van der Waals surface area contributed by atoms with Crippen LogP contribution < -0.4 is 0 Å². The van der Waals surface area contributed by atoms with E-state index in [-0.39, 0.29) is 12.4 Å². The highest BCUT2D eigenvalue weighted by atomic mass is 19.1. The summed E-state index contributed by atoms with van der Waals surface area (Å²) in [6.07, 6.45) is 0.826. The van der Waals surface area contributed by atoms with E-state index in [9.17, 15) is 9.18 Å². The molecule has 1 saturated heterocycles. The molecule has 2 rings (SSSR count). The quantitative estimate of drug-likeness (QED) is 0.735. The van der Waals surface area contributed by atoms with E-state index in [1.54, 1.807) is 12.1 Å². The summed E-state index contributed by atoms with van der Waals surface area (Å²) >= 11 is 0. The maximum Gasteiger partial charge on any atom is 0.159 e. The van der Waals surface area contributed by atoms with Crippen LogP contribution in [0.3, 0.4) is 0 Å². The Morgan fingerprint density at radius 2 is 2.12 bits per heavy atom. The second kappa shape index (κ2) is 4.34. The summed E-state index contributed by atoms with van der Waals surface area (Å²) in [7, 11) is 0. The second-order valence-corrected chi connectivity index (χ2v) is 4.38. The number of halogens is 1. The molecule has 1 unspecified atom stereocenters. The molecule has 0 bridgehead atoms. The number of carbonyl (C=O) groups excluding carboxylic acids is 1. The lowest BCUT2D eigenvalue weighted by Gasteiger charge is -2.16. The van der Waals surface area contributed by atoms with Crippen LogP contribution >= 0.6 is 0 Å². The number of carbonyl (C=O) groups is 1. The summed E-state index contributed by atoms with van der Waals surface area (Å²) in [5.74, 6) is 0.0331. The molecule has 0 amide bonds. The van der Waals surface area contributed by atoms with Gasteiger partial charge in [-0.25, -0.2) is 4.39 Å². The second-order valence-electron chi connectivity index (χ2n) is 4.38. The molecule has 0 radical (unpaired) electrons.